The van der Waals surface area contributed by atoms with Gasteiger partial charge in [0.2, 0.25) is 5.88 Å². The number of aromatic nitrogens is 3. The predicted octanol–water partition coefficient (Wildman–Crippen LogP) is 3.91. The zero-order valence-corrected chi connectivity index (χ0v) is 15.8. The number of rotatable bonds is 4. The molecule has 28 heavy (non-hydrogen) atoms. The first-order chi connectivity index (χ1) is 13.8. The molecular formula is C22H22N4O2. The second-order valence-corrected chi connectivity index (χ2v) is 6.84. The van der Waals surface area contributed by atoms with E-state index in [0.29, 0.717) is 17.1 Å². The van der Waals surface area contributed by atoms with Crippen molar-refractivity contribution in [1.29, 1.82) is 0 Å². The van der Waals surface area contributed by atoms with Crippen LogP contribution in [-0.2, 0) is 0 Å². The van der Waals surface area contributed by atoms with E-state index in [1.54, 1.807) is 19.4 Å². The highest BCUT2D eigenvalue weighted by atomic mass is 16.5. The normalized spacial score (nSPS) is 16.6. The Morgan fingerprint density at radius 2 is 2.04 bits per heavy atom. The Labute approximate surface area is 164 Å². The van der Waals surface area contributed by atoms with Crippen molar-refractivity contribution in [2.75, 3.05) is 13.7 Å². The molecule has 6 heteroatoms. The summed E-state index contributed by atoms with van der Waals surface area (Å²) < 4.78 is 5.06. The van der Waals surface area contributed by atoms with E-state index in [1.807, 2.05) is 53.6 Å². The molecule has 1 saturated heterocycles. The molecule has 6 nitrogen and oxygen atoms in total. The van der Waals surface area contributed by atoms with Crippen molar-refractivity contribution in [1.82, 2.24) is 20.1 Å². The van der Waals surface area contributed by atoms with Crippen LogP contribution in [0.5, 0.6) is 5.88 Å². The Hall–Kier alpha value is -3.28. The summed E-state index contributed by atoms with van der Waals surface area (Å²) in [6, 6.07) is 15.2. The number of pyridine rings is 1. The van der Waals surface area contributed by atoms with E-state index >= 15 is 0 Å². The van der Waals surface area contributed by atoms with Gasteiger partial charge in [-0.15, -0.1) is 10.2 Å². The maximum atomic E-state index is 13.3. The van der Waals surface area contributed by atoms with Crippen LogP contribution in [0, 0.1) is 0 Å². The topological polar surface area (TPSA) is 68.2 Å². The SMILES string of the molecule is COc1ccc(-c2cccc(C(=O)N3CCCCC3c3cccnc3)c2)nn1. The van der Waals surface area contributed by atoms with E-state index in [9.17, 15) is 4.79 Å². The molecular weight excluding hydrogens is 352 g/mol. The van der Waals surface area contributed by atoms with Gasteiger partial charge in [0.1, 0.15) is 0 Å². The number of amides is 1. The molecule has 0 aliphatic carbocycles. The molecule has 2 aromatic heterocycles. The molecule has 0 N–H and O–H groups in total. The molecule has 1 aliphatic rings. The lowest BCUT2D eigenvalue weighted by Crippen LogP contribution is -2.38. The van der Waals surface area contributed by atoms with Crippen LogP contribution in [0.15, 0.2) is 60.9 Å². The van der Waals surface area contributed by atoms with Crippen LogP contribution in [0.2, 0.25) is 0 Å². The molecule has 1 amide bonds. The van der Waals surface area contributed by atoms with Crippen molar-refractivity contribution < 1.29 is 9.53 Å². The Morgan fingerprint density at radius 1 is 1.11 bits per heavy atom. The molecule has 1 unspecified atom stereocenters. The van der Waals surface area contributed by atoms with Gasteiger partial charge in [-0.05, 0) is 49.1 Å². The quantitative estimate of drug-likeness (QED) is 0.692. The summed E-state index contributed by atoms with van der Waals surface area (Å²) in [7, 11) is 1.56. The lowest BCUT2D eigenvalue weighted by molar-refractivity contribution is 0.0611. The monoisotopic (exact) mass is 374 g/mol. The predicted molar refractivity (Wildman–Crippen MR) is 106 cm³/mol. The summed E-state index contributed by atoms with van der Waals surface area (Å²) >= 11 is 0. The minimum absolute atomic E-state index is 0.0388. The first kappa shape index (κ1) is 18.1. The van der Waals surface area contributed by atoms with Crippen molar-refractivity contribution in [2.45, 2.75) is 25.3 Å². The van der Waals surface area contributed by atoms with E-state index in [2.05, 4.69) is 15.2 Å². The van der Waals surface area contributed by atoms with Crippen LogP contribution in [0.1, 0.15) is 41.2 Å². The largest absolute Gasteiger partial charge is 0.480 e. The molecule has 0 saturated carbocycles. The smallest absolute Gasteiger partial charge is 0.254 e. The average molecular weight is 374 g/mol. The summed E-state index contributed by atoms with van der Waals surface area (Å²) in [5.41, 5.74) is 3.31. The van der Waals surface area contributed by atoms with Crippen LogP contribution >= 0.6 is 0 Å². The first-order valence-electron chi connectivity index (χ1n) is 9.45. The van der Waals surface area contributed by atoms with Gasteiger partial charge in [-0.1, -0.05) is 18.2 Å². The minimum atomic E-state index is 0.0388. The van der Waals surface area contributed by atoms with Crippen molar-refractivity contribution in [3.8, 4) is 17.1 Å². The van der Waals surface area contributed by atoms with Crippen molar-refractivity contribution >= 4 is 5.91 Å². The molecule has 1 fully saturated rings. The third-order valence-electron chi connectivity index (χ3n) is 5.09. The second kappa shape index (κ2) is 8.17. The van der Waals surface area contributed by atoms with E-state index in [1.165, 1.54) is 0 Å². The van der Waals surface area contributed by atoms with E-state index in [0.717, 1.165) is 36.9 Å². The lowest BCUT2D eigenvalue weighted by atomic mass is 9.95. The van der Waals surface area contributed by atoms with E-state index < -0.39 is 0 Å². The van der Waals surface area contributed by atoms with Gasteiger partial charge in [-0.3, -0.25) is 9.78 Å². The molecule has 0 bridgehead atoms. The van der Waals surface area contributed by atoms with Crippen molar-refractivity contribution in [3.63, 3.8) is 0 Å². The molecule has 1 aromatic carbocycles. The molecule has 0 radical (unpaired) electrons. The third kappa shape index (κ3) is 3.71. The zero-order valence-electron chi connectivity index (χ0n) is 15.8. The molecule has 1 atom stereocenters. The molecule has 3 heterocycles. The number of carbonyl (C=O) groups excluding carboxylic acids is 1. The van der Waals surface area contributed by atoms with Gasteiger partial charge in [0.25, 0.3) is 5.91 Å². The number of ether oxygens (including phenoxy) is 1. The Morgan fingerprint density at radius 3 is 2.79 bits per heavy atom. The molecule has 0 spiro atoms. The number of carbonyl (C=O) groups is 1. The highest BCUT2D eigenvalue weighted by Crippen LogP contribution is 2.32. The highest BCUT2D eigenvalue weighted by molar-refractivity contribution is 5.95. The Bertz CT molecular complexity index is 944. The van der Waals surface area contributed by atoms with Crippen molar-refractivity contribution in [3.05, 3.63) is 72.1 Å². The van der Waals surface area contributed by atoms with Gasteiger partial charge in [-0.2, -0.15) is 0 Å². The Kier molecular flexibility index (Phi) is 5.28. The van der Waals surface area contributed by atoms with Crippen molar-refractivity contribution in [2.24, 2.45) is 0 Å². The maximum absolute atomic E-state index is 13.3. The highest BCUT2D eigenvalue weighted by Gasteiger charge is 2.29. The number of methoxy groups -OCH3 is 1. The molecule has 3 aromatic rings. The van der Waals surface area contributed by atoms with Gasteiger partial charge in [0, 0.05) is 36.1 Å². The summed E-state index contributed by atoms with van der Waals surface area (Å²) in [5, 5.41) is 8.20. The molecule has 1 aliphatic heterocycles. The third-order valence-corrected chi connectivity index (χ3v) is 5.09. The summed E-state index contributed by atoms with van der Waals surface area (Å²) in [4.78, 5) is 19.5. The van der Waals surface area contributed by atoms with Crippen LogP contribution in [0.4, 0.5) is 0 Å². The second-order valence-electron chi connectivity index (χ2n) is 6.84. The van der Waals surface area contributed by atoms with E-state index in [4.69, 9.17) is 4.74 Å². The summed E-state index contributed by atoms with van der Waals surface area (Å²) in [6.07, 6.45) is 6.72. The lowest BCUT2D eigenvalue weighted by Gasteiger charge is -2.36. The summed E-state index contributed by atoms with van der Waals surface area (Å²) in [5.74, 6) is 0.500. The summed E-state index contributed by atoms with van der Waals surface area (Å²) in [6.45, 7) is 0.755. The van der Waals surface area contributed by atoms with Crippen LogP contribution < -0.4 is 4.74 Å². The number of benzene rings is 1. The fourth-order valence-corrected chi connectivity index (χ4v) is 3.65. The van der Waals surface area contributed by atoms with Gasteiger partial charge in [0.05, 0.1) is 18.8 Å². The number of likely N-dealkylation sites (tertiary alicyclic amines) is 1. The fraction of sp³-hybridized carbons (Fsp3) is 0.273. The number of nitrogens with zero attached hydrogens (tertiary/aromatic N) is 4. The average Bonchev–Trinajstić information content (AvgIpc) is 2.79. The molecule has 4 rings (SSSR count). The fourth-order valence-electron chi connectivity index (χ4n) is 3.65. The van der Waals surface area contributed by atoms with Gasteiger partial charge in [0.15, 0.2) is 0 Å². The minimum Gasteiger partial charge on any atom is -0.480 e. The van der Waals surface area contributed by atoms with Crippen LogP contribution in [-0.4, -0.2) is 39.6 Å². The number of hydrogen-bond donors (Lipinski definition) is 0. The van der Waals surface area contributed by atoms with Crippen LogP contribution in [0.3, 0.4) is 0 Å². The van der Waals surface area contributed by atoms with Crippen LogP contribution in [0.25, 0.3) is 11.3 Å². The Balaban J connectivity index is 1.61. The first-order valence-corrected chi connectivity index (χ1v) is 9.45. The maximum Gasteiger partial charge on any atom is 0.254 e. The van der Waals surface area contributed by atoms with Gasteiger partial charge >= 0.3 is 0 Å². The standard InChI is InChI=1S/C22H22N4O2/c1-28-21-11-10-19(24-25-21)16-6-4-7-17(14-16)22(27)26-13-3-2-9-20(26)18-8-5-12-23-15-18/h4-8,10-12,14-15,20H,2-3,9,13H2,1H3. The van der Waals surface area contributed by atoms with E-state index in [-0.39, 0.29) is 11.9 Å². The molecule has 142 valence electrons. The van der Waals surface area contributed by atoms with Gasteiger partial charge < -0.3 is 9.64 Å². The van der Waals surface area contributed by atoms with Gasteiger partial charge in [-0.25, -0.2) is 0 Å². The number of piperidine rings is 1. The number of hydrogen-bond acceptors (Lipinski definition) is 5. The zero-order chi connectivity index (χ0) is 19.3.